The molecule has 1 saturated heterocycles. The first-order valence-electron chi connectivity index (χ1n) is 8.53. The molecule has 1 aromatic rings. The van der Waals surface area contributed by atoms with E-state index in [0.717, 1.165) is 43.5 Å². The summed E-state index contributed by atoms with van der Waals surface area (Å²) in [5.41, 5.74) is 1.20. The molecule has 2 rings (SSSR count). The maximum Gasteiger partial charge on any atom is 0.253 e. The first-order chi connectivity index (χ1) is 10.8. The van der Waals surface area contributed by atoms with Gasteiger partial charge in [0.1, 0.15) is 0 Å². The summed E-state index contributed by atoms with van der Waals surface area (Å²) < 4.78 is 0. The smallest absolute Gasteiger partial charge is 0.253 e. The highest BCUT2D eigenvalue weighted by atomic mass is 16.3. The number of rotatable bonds is 5. The van der Waals surface area contributed by atoms with Crippen LogP contribution in [0.4, 0.5) is 0 Å². The van der Waals surface area contributed by atoms with Crippen molar-refractivity contribution in [2.45, 2.75) is 51.2 Å². The van der Waals surface area contributed by atoms with E-state index >= 15 is 0 Å². The second-order valence-corrected chi connectivity index (χ2v) is 7.52. The lowest BCUT2D eigenvalue weighted by atomic mass is 9.97. The number of likely N-dealkylation sites (N-methyl/N-ethyl adjacent to an activating group) is 1. The lowest BCUT2D eigenvalue weighted by Crippen LogP contribution is -2.47. The summed E-state index contributed by atoms with van der Waals surface area (Å²) in [7, 11) is 4.16. The fourth-order valence-corrected chi connectivity index (χ4v) is 3.05. The van der Waals surface area contributed by atoms with Crippen LogP contribution in [0.5, 0.6) is 0 Å². The quantitative estimate of drug-likeness (QED) is 0.907. The van der Waals surface area contributed by atoms with Crippen LogP contribution < -0.4 is 0 Å². The Morgan fingerprint density at radius 1 is 1.39 bits per heavy atom. The van der Waals surface area contributed by atoms with Crippen LogP contribution in [0.1, 0.15) is 49.0 Å². The third kappa shape index (κ3) is 5.33. The molecular weight excluding hydrogens is 288 g/mol. The minimum absolute atomic E-state index is 0.127. The Morgan fingerprint density at radius 2 is 2.13 bits per heavy atom. The first-order valence-corrected chi connectivity index (χ1v) is 8.53. The van der Waals surface area contributed by atoms with Crippen molar-refractivity contribution in [1.82, 2.24) is 9.80 Å². The van der Waals surface area contributed by atoms with Crippen molar-refractivity contribution in [3.05, 3.63) is 35.4 Å². The zero-order chi connectivity index (χ0) is 17.0. The Hall–Kier alpha value is -1.39. The van der Waals surface area contributed by atoms with E-state index in [2.05, 4.69) is 19.0 Å². The van der Waals surface area contributed by atoms with Crippen molar-refractivity contribution in [2.75, 3.05) is 27.2 Å². The molecule has 0 aliphatic carbocycles. The Bertz CT molecular complexity index is 534. The van der Waals surface area contributed by atoms with Crippen molar-refractivity contribution >= 4 is 5.91 Å². The van der Waals surface area contributed by atoms with E-state index in [1.165, 1.54) is 0 Å². The van der Waals surface area contributed by atoms with E-state index < -0.39 is 5.60 Å². The molecule has 0 saturated carbocycles. The normalized spacial score (nSPS) is 19.2. The molecule has 1 aliphatic heterocycles. The van der Waals surface area contributed by atoms with E-state index in [-0.39, 0.29) is 5.91 Å². The number of hydrogen-bond acceptors (Lipinski definition) is 3. The molecule has 1 atom stereocenters. The molecule has 128 valence electrons. The van der Waals surface area contributed by atoms with Crippen LogP contribution in [0.15, 0.2) is 24.3 Å². The number of carbonyl (C=O) groups is 1. The van der Waals surface area contributed by atoms with Crippen LogP contribution in [-0.4, -0.2) is 59.6 Å². The zero-order valence-electron chi connectivity index (χ0n) is 14.9. The average Bonchev–Trinajstić information content (AvgIpc) is 2.52. The highest BCUT2D eigenvalue weighted by molar-refractivity contribution is 5.94. The number of piperidine rings is 1. The number of aliphatic hydroxyl groups is 1. The molecule has 1 N–H and O–H groups in total. The number of nitrogens with zero attached hydrogens (tertiary/aromatic N) is 2. The second-order valence-electron chi connectivity index (χ2n) is 7.52. The molecule has 1 fully saturated rings. The van der Waals surface area contributed by atoms with Gasteiger partial charge in [0.05, 0.1) is 5.60 Å². The SMILES string of the molecule is CN(C)[C@H]1CCCN(C(=O)c2cccc(CCC(C)(C)O)c2)C1. The van der Waals surface area contributed by atoms with Gasteiger partial charge in [0.15, 0.2) is 0 Å². The third-order valence-corrected chi connectivity index (χ3v) is 4.61. The number of likely N-dealkylation sites (tertiary alicyclic amines) is 1. The van der Waals surface area contributed by atoms with Crippen LogP contribution in [0, 0.1) is 0 Å². The molecule has 0 aromatic heterocycles. The fraction of sp³-hybridized carbons (Fsp3) is 0.632. The Kier molecular flexibility index (Phi) is 5.82. The summed E-state index contributed by atoms with van der Waals surface area (Å²) in [6.45, 7) is 5.28. The Labute approximate surface area is 140 Å². The maximum atomic E-state index is 12.8. The average molecular weight is 318 g/mol. The molecule has 4 heteroatoms. The molecule has 4 nitrogen and oxygen atoms in total. The van der Waals surface area contributed by atoms with Crippen molar-refractivity contribution in [3.63, 3.8) is 0 Å². The standard InChI is InChI=1S/C19H30N2O2/c1-19(2,23)11-10-15-7-5-8-16(13-15)18(22)21-12-6-9-17(14-21)20(3)4/h5,7-8,13,17,23H,6,9-12,14H2,1-4H3/t17-/m0/s1. The van der Waals surface area contributed by atoms with Gasteiger partial charge in [-0.2, -0.15) is 0 Å². The van der Waals surface area contributed by atoms with Gasteiger partial charge in [-0.25, -0.2) is 0 Å². The summed E-state index contributed by atoms with van der Waals surface area (Å²) in [4.78, 5) is 17.0. The molecule has 1 heterocycles. The summed E-state index contributed by atoms with van der Waals surface area (Å²) in [5, 5.41) is 9.86. The van der Waals surface area contributed by atoms with Gasteiger partial charge in [-0.05, 0) is 71.3 Å². The van der Waals surface area contributed by atoms with Gasteiger partial charge in [0.2, 0.25) is 0 Å². The van der Waals surface area contributed by atoms with Gasteiger partial charge in [-0.1, -0.05) is 12.1 Å². The van der Waals surface area contributed by atoms with Crippen LogP contribution in [0.2, 0.25) is 0 Å². The predicted molar refractivity (Wildman–Crippen MR) is 93.7 cm³/mol. The second kappa shape index (κ2) is 7.45. The van der Waals surface area contributed by atoms with E-state index in [0.29, 0.717) is 12.5 Å². The summed E-state index contributed by atoms with van der Waals surface area (Å²) in [6, 6.07) is 8.30. The number of hydrogen-bond donors (Lipinski definition) is 1. The molecule has 1 amide bonds. The summed E-state index contributed by atoms with van der Waals surface area (Å²) in [5.74, 6) is 0.127. The Morgan fingerprint density at radius 3 is 2.78 bits per heavy atom. The molecular formula is C19H30N2O2. The number of carbonyl (C=O) groups excluding carboxylic acids is 1. The third-order valence-electron chi connectivity index (χ3n) is 4.61. The Balaban J connectivity index is 2.04. The minimum atomic E-state index is -0.675. The van der Waals surface area contributed by atoms with Gasteiger partial charge >= 0.3 is 0 Å². The molecule has 1 aliphatic rings. The number of aryl methyl sites for hydroxylation is 1. The van der Waals surface area contributed by atoms with Crippen LogP contribution in [0.25, 0.3) is 0 Å². The molecule has 0 bridgehead atoms. The number of amides is 1. The number of benzene rings is 1. The molecule has 0 radical (unpaired) electrons. The van der Waals surface area contributed by atoms with Crippen LogP contribution in [0.3, 0.4) is 0 Å². The largest absolute Gasteiger partial charge is 0.390 e. The van der Waals surface area contributed by atoms with E-state index in [1.54, 1.807) is 0 Å². The van der Waals surface area contributed by atoms with Crippen LogP contribution in [-0.2, 0) is 6.42 Å². The van der Waals surface area contributed by atoms with E-state index in [9.17, 15) is 9.90 Å². The molecule has 0 spiro atoms. The van der Waals surface area contributed by atoms with Gasteiger partial charge in [0.25, 0.3) is 5.91 Å². The van der Waals surface area contributed by atoms with Crippen molar-refractivity contribution in [1.29, 1.82) is 0 Å². The van der Waals surface area contributed by atoms with Gasteiger partial charge < -0.3 is 14.9 Å². The maximum absolute atomic E-state index is 12.8. The molecule has 1 aromatic carbocycles. The van der Waals surface area contributed by atoms with E-state index in [1.807, 2.05) is 43.0 Å². The highest BCUT2D eigenvalue weighted by Crippen LogP contribution is 2.19. The predicted octanol–water partition coefficient (Wildman–Crippen LogP) is 2.56. The fourth-order valence-electron chi connectivity index (χ4n) is 3.05. The van der Waals surface area contributed by atoms with Gasteiger partial charge in [-0.3, -0.25) is 4.79 Å². The monoisotopic (exact) mass is 318 g/mol. The van der Waals surface area contributed by atoms with Crippen LogP contribution >= 0.6 is 0 Å². The van der Waals surface area contributed by atoms with Crippen molar-refractivity contribution in [3.8, 4) is 0 Å². The van der Waals surface area contributed by atoms with Gasteiger partial charge in [-0.15, -0.1) is 0 Å². The molecule has 23 heavy (non-hydrogen) atoms. The topological polar surface area (TPSA) is 43.8 Å². The lowest BCUT2D eigenvalue weighted by molar-refractivity contribution is 0.0635. The first kappa shape index (κ1) is 18.0. The molecule has 0 unspecified atom stereocenters. The van der Waals surface area contributed by atoms with E-state index in [4.69, 9.17) is 0 Å². The summed E-state index contributed by atoms with van der Waals surface area (Å²) in [6.07, 6.45) is 3.69. The highest BCUT2D eigenvalue weighted by Gasteiger charge is 2.25. The zero-order valence-corrected chi connectivity index (χ0v) is 14.9. The van der Waals surface area contributed by atoms with Gasteiger partial charge in [0, 0.05) is 24.7 Å². The van der Waals surface area contributed by atoms with Crippen molar-refractivity contribution in [2.24, 2.45) is 0 Å². The lowest BCUT2D eigenvalue weighted by Gasteiger charge is -2.36. The minimum Gasteiger partial charge on any atom is -0.390 e. The van der Waals surface area contributed by atoms with Crippen molar-refractivity contribution < 1.29 is 9.90 Å². The summed E-state index contributed by atoms with van der Waals surface area (Å²) >= 11 is 0.